The molecular weight excluding hydrogens is 250 g/mol. The highest BCUT2D eigenvalue weighted by molar-refractivity contribution is 5.53. The van der Waals surface area contributed by atoms with Gasteiger partial charge in [0.2, 0.25) is 0 Å². The van der Waals surface area contributed by atoms with Crippen molar-refractivity contribution in [1.82, 2.24) is 10.2 Å². The molecular formula is C16H21N3O. The van der Waals surface area contributed by atoms with Crippen LogP contribution in [0, 0.1) is 13.8 Å². The first-order valence-corrected chi connectivity index (χ1v) is 7.11. The number of nitrogens with one attached hydrogen (secondary N) is 2. The molecule has 1 aliphatic rings. The zero-order valence-corrected chi connectivity index (χ0v) is 12.3. The molecule has 4 heteroatoms. The summed E-state index contributed by atoms with van der Waals surface area (Å²) < 4.78 is 5.32. The van der Waals surface area contributed by atoms with Gasteiger partial charge >= 0.3 is 0 Å². The van der Waals surface area contributed by atoms with Crippen LogP contribution in [0.1, 0.15) is 28.9 Å². The van der Waals surface area contributed by atoms with E-state index in [1.165, 1.54) is 11.1 Å². The Kier molecular flexibility index (Phi) is 3.38. The molecule has 20 heavy (non-hydrogen) atoms. The maximum atomic E-state index is 5.32. The Morgan fingerprint density at radius 2 is 2.15 bits per heavy atom. The first kappa shape index (κ1) is 13.0. The Morgan fingerprint density at radius 1 is 1.30 bits per heavy atom. The number of methoxy groups -OCH3 is 1. The fraction of sp³-hybridized carbons (Fsp3) is 0.438. The predicted molar refractivity (Wildman–Crippen MR) is 80.5 cm³/mol. The third-order valence-electron chi connectivity index (χ3n) is 4.12. The van der Waals surface area contributed by atoms with E-state index >= 15 is 0 Å². The highest BCUT2D eigenvalue weighted by atomic mass is 16.5. The van der Waals surface area contributed by atoms with Crippen molar-refractivity contribution in [2.24, 2.45) is 0 Å². The Labute approximate surface area is 119 Å². The van der Waals surface area contributed by atoms with Gasteiger partial charge in [-0.15, -0.1) is 0 Å². The minimum atomic E-state index is 0.463. The maximum absolute atomic E-state index is 5.32. The van der Waals surface area contributed by atoms with Gasteiger partial charge in [-0.3, -0.25) is 5.10 Å². The van der Waals surface area contributed by atoms with Crippen LogP contribution < -0.4 is 10.1 Å². The van der Waals surface area contributed by atoms with Gasteiger partial charge in [-0.25, -0.2) is 0 Å². The van der Waals surface area contributed by atoms with E-state index in [2.05, 4.69) is 40.6 Å². The molecule has 1 atom stereocenters. The molecule has 0 fully saturated rings. The van der Waals surface area contributed by atoms with Crippen molar-refractivity contribution < 1.29 is 4.74 Å². The van der Waals surface area contributed by atoms with Crippen LogP contribution in [0.2, 0.25) is 0 Å². The fourth-order valence-electron chi connectivity index (χ4n) is 2.95. The van der Waals surface area contributed by atoms with Crippen LogP contribution >= 0.6 is 0 Å². The predicted octanol–water partition coefficient (Wildman–Crippen LogP) is 3.00. The van der Waals surface area contributed by atoms with E-state index in [1.54, 1.807) is 7.11 Å². The van der Waals surface area contributed by atoms with Gasteiger partial charge in [-0.2, -0.15) is 5.10 Å². The number of H-pyrrole nitrogens is 1. The third kappa shape index (κ3) is 2.38. The van der Waals surface area contributed by atoms with Crippen LogP contribution in [0.3, 0.4) is 0 Å². The number of anilines is 1. The maximum Gasteiger partial charge on any atom is 0.119 e. The number of nitrogens with zero attached hydrogens (tertiary/aromatic N) is 1. The molecule has 0 bridgehead atoms. The van der Waals surface area contributed by atoms with Gasteiger partial charge in [-0.05, 0) is 56.4 Å². The van der Waals surface area contributed by atoms with Crippen LogP contribution in [0.4, 0.5) is 5.69 Å². The van der Waals surface area contributed by atoms with Crippen molar-refractivity contribution in [3.05, 3.63) is 40.7 Å². The molecule has 0 amide bonds. The number of hydrogen-bond donors (Lipinski definition) is 2. The molecule has 1 aromatic carbocycles. The number of aromatic amines is 1. The SMILES string of the molecule is COc1ccc2c(c1)CC(Nc1c(C)n[nH]c1C)CC2. The number of ether oxygens (including phenoxy) is 1. The van der Waals surface area contributed by atoms with E-state index < -0.39 is 0 Å². The van der Waals surface area contributed by atoms with Gasteiger partial charge in [0.15, 0.2) is 0 Å². The van der Waals surface area contributed by atoms with Gasteiger partial charge in [0, 0.05) is 6.04 Å². The van der Waals surface area contributed by atoms with Crippen molar-refractivity contribution >= 4 is 5.69 Å². The van der Waals surface area contributed by atoms with Crippen molar-refractivity contribution in [3.63, 3.8) is 0 Å². The van der Waals surface area contributed by atoms with E-state index in [0.29, 0.717) is 6.04 Å². The monoisotopic (exact) mass is 271 g/mol. The van der Waals surface area contributed by atoms with Crippen molar-refractivity contribution in [2.45, 2.75) is 39.2 Å². The molecule has 0 saturated heterocycles. The summed E-state index contributed by atoms with van der Waals surface area (Å²) in [6.07, 6.45) is 3.31. The number of aryl methyl sites for hydroxylation is 3. The minimum absolute atomic E-state index is 0.463. The summed E-state index contributed by atoms with van der Waals surface area (Å²) in [6.45, 7) is 4.09. The number of fused-ring (bicyclic) bond motifs is 1. The van der Waals surface area contributed by atoms with E-state index in [-0.39, 0.29) is 0 Å². The fourth-order valence-corrected chi connectivity index (χ4v) is 2.95. The van der Waals surface area contributed by atoms with Crippen molar-refractivity contribution in [1.29, 1.82) is 0 Å². The third-order valence-corrected chi connectivity index (χ3v) is 4.12. The molecule has 1 aromatic heterocycles. The first-order valence-electron chi connectivity index (χ1n) is 7.11. The molecule has 1 aliphatic carbocycles. The summed E-state index contributed by atoms with van der Waals surface area (Å²) in [4.78, 5) is 0. The second-order valence-electron chi connectivity index (χ2n) is 5.53. The van der Waals surface area contributed by atoms with Crippen LogP contribution in [0.5, 0.6) is 5.75 Å². The second kappa shape index (κ2) is 5.19. The minimum Gasteiger partial charge on any atom is -0.497 e. The normalized spacial score (nSPS) is 17.6. The zero-order valence-electron chi connectivity index (χ0n) is 12.3. The Balaban J connectivity index is 1.78. The molecule has 0 spiro atoms. The Hall–Kier alpha value is -1.97. The molecule has 3 rings (SSSR count). The highest BCUT2D eigenvalue weighted by Gasteiger charge is 2.20. The number of aromatic nitrogens is 2. The lowest BCUT2D eigenvalue weighted by atomic mass is 9.88. The molecule has 4 nitrogen and oxygen atoms in total. The number of rotatable bonds is 3. The lowest BCUT2D eigenvalue weighted by Crippen LogP contribution is -2.27. The summed E-state index contributed by atoms with van der Waals surface area (Å²) in [5.41, 5.74) is 6.15. The van der Waals surface area contributed by atoms with Crippen LogP contribution in [-0.2, 0) is 12.8 Å². The number of benzene rings is 1. The highest BCUT2D eigenvalue weighted by Crippen LogP contribution is 2.28. The van der Waals surface area contributed by atoms with Gasteiger partial charge in [-0.1, -0.05) is 6.07 Å². The van der Waals surface area contributed by atoms with E-state index in [1.807, 2.05) is 6.92 Å². The molecule has 2 N–H and O–H groups in total. The number of hydrogen-bond acceptors (Lipinski definition) is 3. The standard InChI is InChI=1S/C16H21N3O/c1-10-16(11(2)19-18-10)17-14-6-4-12-5-7-15(20-3)9-13(12)8-14/h5,7,9,14,17H,4,6,8H2,1-3H3,(H,18,19). The molecule has 106 valence electrons. The molecule has 0 radical (unpaired) electrons. The topological polar surface area (TPSA) is 49.9 Å². The van der Waals surface area contributed by atoms with Gasteiger partial charge in [0.05, 0.1) is 24.2 Å². The van der Waals surface area contributed by atoms with Crippen LogP contribution in [0.15, 0.2) is 18.2 Å². The quantitative estimate of drug-likeness (QED) is 0.902. The summed E-state index contributed by atoms with van der Waals surface area (Å²) in [5.74, 6) is 0.945. The van der Waals surface area contributed by atoms with E-state index in [4.69, 9.17) is 4.74 Å². The molecule has 0 aliphatic heterocycles. The first-order chi connectivity index (χ1) is 9.67. The van der Waals surface area contributed by atoms with Gasteiger partial charge < -0.3 is 10.1 Å². The average molecular weight is 271 g/mol. The summed E-state index contributed by atoms with van der Waals surface area (Å²) >= 11 is 0. The Morgan fingerprint density at radius 3 is 2.85 bits per heavy atom. The van der Waals surface area contributed by atoms with Crippen LogP contribution in [0.25, 0.3) is 0 Å². The lowest BCUT2D eigenvalue weighted by Gasteiger charge is -2.26. The summed E-state index contributed by atoms with van der Waals surface area (Å²) in [6, 6.07) is 6.87. The lowest BCUT2D eigenvalue weighted by molar-refractivity contribution is 0.413. The molecule has 2 aromatic rings. The molecule has 0 saturated carbocycles. The van der Waals surface area contributed by atoms with E-state index in [0.717, 1.165) is 42.1 Å². The summed E-state index contributed by atoms with van der Waals surface area (Å²) in [7, 11) is 1.72. The van der Waals surface area contributed by atoms with Crippen molar-refractivity contribution in [2.75, 3.05) is 12.4 Å². The zero-order chi connectivity index (χ0) is 14.1. The molecule has 1 heterocycles. The van der Waals surface area contributed by atoms with Crippen LogP contribution in [-0.4, -0.2) is 23.3 Å². The van der Waals surface area contributed by atoms with Gasteiger partial charge in [0.25, 0.3) is 0 Å². The average Bonchev–Trinajstić information content (AvgIpc) is 2.78. The second-order valence-corrected chi connectivity index (χ2v) is 5.53. The van der Waals surface area contributed by atoms with Gasteiger partial charge in [0.1, 0.15) is 5.75 Å². The van der Waals surface area contributed by atoms with Crippen molar-refractivity contribution in [3.8, 4) is 5.75 Å². The summed E-state index contributed by atoms with van der Waals surface area (Å²) in [5, 5.41) is 10.9. The Bertz CT molecular complexity index is 599. The van der Waals surface area contributed by atoms with E-state index in [9.17, 15) is 0 Å². The molecule has 1 unspecified atom stereocenters. The largest absolute Gasteiger partial charge is 0.497 e. The smallest absolute Gasteiger partial charge is 0.119 e.